The molecule has 6 heteroatoms. The number of halogens is 1. The number of hydrogen-bond acceptors (Lipinski definition) is 3. The second-order valence-corrected chi connectivity index (χ2v) is 7.99. The Morgan fingerprint density at radius 3 is 2.39 bits per heavy atom. The lowest BCUT2D eigenvalue weighted by Crippen LogP contribution is -2.42. The first kappa shape index (κ1) is 20.6. The number of carboxylic acid groups (broad SMARTS) is 1. The minimum Gasteiger partial charge on any atom is -0.478 e. The van der Waals surface area contributed by atoms with E-state index >= 15 is 0 Å². The summed E-state index contributed by atoms with van der Waals surface area (Å²) in [5.41, 5.74) is 4.35. The standard InChI is InChI=1S/C25H19ClN2O3/c26-22-2-1-3-23-21(22)13-20(12-16-8-10-19(11-9-16)25(30)31)24(29)28(23)15-18-6-4-17(14-27)5-7-18/h1-11,20H,12-13,15H2,(H,30,31). The molecule has 3 aromatic rings. The Morgan fingerprint density at radius 1 is 1.06 bits per heavy atom. The van der Waals surface area contributed by atoms with Crippen LogP contribution in [0.2, 0.25) is 5.02 Å². The summed E-state index contributed by atoms with van der Waals surface area (Å²) in [6.45, 7) is 0.381. The molecular weight excluding hydrogens is 412 g/mol. The Bertz CT molecular complexity index is 1180. The SMILES string of the molecule is N#Cc1ccc(CN2C(=O)C(Cc3ccc(C(=O)O)cc3)Cc3c(Cl)cccc32)cc1. The van der Waals surface area contributed by atoms with E-state index in [2.05, 4.69) is 6.07 Å². The summed E-state index contributed by atoms with van der Waals surface area (Å²) in [7, 11) is 0. The first-order chi connectivity index (χ1) is 15.0. The van der Waals surface area contributed by atoms with E-state index in [0.717, 1.165) is 22.4 Å². The molecule has 1 heterocycles. The predicted molar refractivity (Wildman–Crippen MR) is 118 cm³/mol. The highest BCUT2D eigenvalue weighted by Crippen LogP contribution is 2.37. The van der Waals surface area contributed by atoms with Gasteiger partial charge in [0, 0.05) is 16.6 Å². The first-order valence-electron chi connectivity index (χ1n) is 9.86. The number of hydrogen-bond donors (Lipinski definition) is 1. The number of benzene rings is 3. The molecule has 4 rings (SSSR count). The van der Waals surface area contributed by atoms with Gasteiger partial charge in [0.15, 0.2) is 0 Å². The summed E-state index contributed by atoms with van der Waals surface area (Å²) < 4.78 is 0. The maximum atomic E-state index is 13.4. The van der Waals surface area contributed by atoms with E-state index in [-0.39, 0.29) is 17.4 Å². The average Bonchev–Trinajstić information content (AvgIpc) is 2.78. The van der Waals surface area contributed by atoms with Crippen molar-refractivity contribution in [2.45, 2.75) is 19.4 Å². The van der Waals surface area contributed by atoms with Crippen molar-refractivity contribution >= 4 is 29.2 Å². The number of anilines is 1. The molecule has 5 nitrogen and oxygen atoms in total. The topological polar surface area (TPSA) is 81.4 Å². The van der Waals surface area contributed by atoms with Crippen molar-refractivity contribution < 1.29 is 14.7 Å². The molecule has 3 aromatic carbocycles. The third-order valence-corrected chi connectivity index (χ3v) is 5.91. The van der Waals surface area contributed by atoms with Gasteiger partial charge in [-0.1, -0.05) is 41.9 Å². The van der Waals surface area contributed by atoms with Crippen LogP contribution in [-0.2, 0) is 24.2 Å². The van der Waals surface area contributed by atoms with E-state index in [4.69, 9.17) is 22.0 Å². The van der Waals surface area contributed by atoms with E-state index in [1.807, 2.05) is 30.3 Å². The molecule has 0 spiro atoms. The number of aromatic carboxylic acids is 1. The highest BCUT2D eigenvalue weighted by Gasteiger charge is 2.34. The molecule has 0 aromatic heterocycles. The summed E-state index contributed by atoms with van der Waals surface area (Å²) in [4.78, 5) is 26.3. The number of carbonyl (C=O) groups excluding carboxylic acids is 1. The van der Waals surface area contributed by atoms with Gasteiger partial charge in [0.05, 0.1) is 23.7 Å². The number of rotatable bonds is 5. The lowest BCUT2D eigenvalue weighted by molar-refractivity contribution is -0.122. The molecule has 0 saturated carbocycles. The van der Waals surface area contributed by atoms with Gasteiger partial charge in [-0.2, -0.15) is 5.26 Å². The number of nitrogens with zero attached hydrogens (tertiary/aromatic N) is 2. The number of carboxylic acids is 1. The van der Waals surface area contributed by atoms with Gasteiger partial charge in [-0.15, -0.1) is 0 Å². The number of amides is 1. The number of carbonyl (C=O) groups is 2. The van der Waals surface area contributed by atoms with E-state index in [9.17, 15) is 9.59 Å². The average molecular weight is 431 g/mol. The van der Waals surface area contributed by atoms with Gasteiger partial charge in [-0.3, -0.25) is 4.79 Å². The smallest absolute Gasteiger partial charge is 0.335 e. The highest BCUT2D eigenvalue weighted by molar-refractivity contribution is 6.32. The van der Waals surface area contributed by atoms with E-state index in [1.54, 1.807) is 41.3 Å². The molecule has 1 unspecified atom stereocenters. The molecule has 0 fully saturated rings. The van der Waals surface area contributed by atoms with Crippen molar-refractivity contribution in [3.05, 3.63) is 99.6 Å². The number of fused-ring (bicyclic) bond motifs is 1. The second kappa shape index (κ2) is 8.63. The Kier molecular flexibility index (Phi) is 5.75. The molecule has 1 amide bonds. The van der Waals surface area contributed by atoms with Gasteiger partial charge in [-0.25, -0.2) is 4.79 Å². The Morgan fingerprint density at radius 2 is 1.74 bits per heavy atom. The zero-order valence-corrected chi connectivity index (χ0v) is 17.3. The van der Waals surface area contributed by atoms with Crippen molar-refractivity contribution in [3.63, 3.8) is 0 Å². The minimum atomic E-state index is -0.977. The summed E-state index contributed by atoms with van der Waals surface area (Å²) in [6.07, 6.45) is 1.02. The van der Waals surface area contributed by atoms with Crippen LogP contribution in [0.4, 0.5) is 5.69 Å². The van der Waals surface area contributed by atoms with Crippen molar-refractivity contribution in [2.24, 2.45) is 5.92 Å². The molecule has 0 radical (unpaired) electrons. The van der Waals surface area contributed by atoms with Gasteiger partial charge >= 0.3 is 5.97 Å². The Labute approximate surface area is 185 Å². The van der Waals surface area contributed by atoms with E-state index in [1.165, 1.54) is 0 Å². The Balaban J connectivity index is 1.64. The molecule has 0 bridgehead atoms. The van der Waals surface area contributed by atoms with Crippen LogP contribution < -0.4 is 4.90 Å². The predicted octanol–water partition coefficient (Wildman–Crippen LogP) is 4.86. The van der Waals surface area contributed by atoms with Crippen LogP contribution in [0, 0.1) is 17.2 Å². The van der Waals surface area contributed by atoms with Crippen molar-refractivity contribution in [2.75, 3.05) is 4.90 Å². The van der Waals surface area contributed by atoms with Crippen LogP contribution in [0.15, 0.2) is 66.7 Å². The summed E-state index contributed by atoms with van der Waals surface area (Å²) >= 11 is 6.48. The van der Waals surface area contributed by atoms with Crippen LogP contribution in [0.5, 0.6) is 0 Å². The van der Waals surface area contributed by atoms with Gasteiger partial charge < -0.3 is 10.0 Å². The largest absolute Gasteiger partial charge is 0.478 e. The zero-order chi connectivity index (χ0) is 22.0. The fraction of sp³-hybridized carbons (Fsp3) is 0.160. The highest BCUT2D eigenvalue weighted by atomic mass is 35.5. The Hall–Kier alpha value is -3.62. The third kappa shape index (κ3) is 4.30. The normalized spacial score (nSPS) is 15.3. The van der Waals surface area contributed by atoms with E-state index in [0.29, 0.717) is 30.0 Å². The van der Waals surface area contributed by atoms with Crippen molar-refractivity contribution in [1.82, 2.24) is 0 Å². The first-order valence-corrected chi connectivity index (χ1v) is 10.2. The third-order valence-electron chi connectivity index (χ3n) is 5.56. The minimum absolute atomic E-state index is 0.00133. The quantitative estimate of drug-likeness (QED) is 0.626. The van der Waals surface area contributed by atoms with Gasteiger partial charge in [0.2, 0.25) is 5.91 Å². The van der Waals surface area contributed by atoms with Crippen molar-refractivity contribution in [1.29, 1.82) is 5.26 Å². The number of nitriles is 1. The molecular formula is C25H19ClN2O3. The summed E-state index contributed by atoms with van der Waals surface area (Å²) in [6, 6.07) is 21.5. The fourth-order valence-corrected chi connectivity index (χ4v) is 4.18. The molecule has 154 valence electrons. The zero-order valence-electron chi connectivity index (χ0n) is 16.6. The summed E-state index contributed by atoms with van der Waals surface area (Å²) in [5.74, 6) is -1.28. The van der Waals surface area contributed by atoms with Crippen LogP contribution in [0.25, 0.3) is 0 Å². The fourth-order valence-electron chi connectivity index (χ4n) is 3.93. The van der Waals surface area contributed by atoms with Gasteiger partial charge in [-0.05, 0) is 65.9 Å². The molecule has 31 heavy (non-hydrogen) atoms. The lowest BCUT2D eigenvalue weighted by Gasteiger charge is -2.35. The lowest BCUT2D eigenvalue weighted by atomic mass is 9.86. The van der Waals surface area contributed by atoms with Gasteiger partial charge in [0.25, 0.3) is 0 Å². The van der Waals surface area contributed by atoms with E-state index < -0.39 is 5.97 Å². The van der Waals surface area contributed by atoms with Crippen LogP contribution >= 0.6 is 11.6 Å². The molecule has 1 aliphatic rings. The molecule has 0 saturated heterocycles. The van der Waals surface area contributed by atoms with Gasteiger partial charge in [0.1, 0.15) is 0 Å². The maximum Gasteiger partial charge on any atom is 0.335 e. The van der Waals surface area contributed by atoms with Crippen LogP contribution in [0.1, 0.15) is 32.6 Å². The molecule has 1 N–H and O–H groups in total. The van der Waals surface area contributed by atoms with Crippen LogP contribution in [0.3, 0.4) is 0 Å². The molecule has 1 aliphatic heterocycles. The molecule has 1 atom stereocenters. The molecule has 0 aliphatic carbocycles. The summed E-state index contributed by atoms with van der Waals surface area (Å²) in [5, 5.41) is 18.7. The second-order valence-electron chi connectivity index (χ2n) is 7.58. The monoisotopic (exact) mass is 430 g/mol. The maximum absolute atomic E-state index is 13.4. The van der Waals surface area contributed by atoms with Crippen molar-refractivity contribution in [3.8, 4) is 6.07 Å². The van der Waals surface area contributed by atoms with Crippen LogP contribution in [-0.4, -0.2) is 17.0 Å².